The van der Waals surface area contributed by atoms with E-state index in [2.05, 4.69) is 165 Å². The second-order valence-corrected chi connectivity index (χ2v) is 21.6. The molecule has 0 aromatic carbocycles. The molecule has 77 heavy (non-hydrogen) atoms. The number of aromatic amines is 4. The molecule has 10 rings (SSSR count). The molecule has 4 aliphatic heterocycles. The minimum atomic E-state index is -1.02. The maximum Gasteiger partial charge on any atom is 2.00 e. The Kier molecular flexibility index (Phi) is 16.7. The van der Waals surface area contributed by atoms with Crippen LogP contribution < -0.4 is 10.2 Å². The van der Waals surface area contributed by atoms with E-state index in [0.717, 1.165) is 138 Å². The number of nitrogens with one attached hydrogen (secondary N) is 4. The number of aliphatic carboxylic acids is 2. The topological polar surface area (TPSA) is 195 Å². The number of hydrogen-bond donors (Lipinski definition) is 4. The van der Waals surface area contributed by atoms with Crippen molar-refractivity contribution in [1.29, 1.82) is 0 Å². The second-order valence-electron chi connectivity index (χ2n) is 21.6. The van der Waals surface area contributed by atoms with Crippen molar-refractivity contribution in [3.63, 3.8) is 0 Å². The number of carbonyl (C=O) groups is 2. The predicted octanol–water partition coefficient (Wildman–Crippen LogP) is 12.7. The summed E-state index contributed by atoms with van der Waals surface area (Å²) in [4.78, 5) is 57.8. The van der Waals surface area contributed by atoms with Crippen molar-refractivity contribution in [1.82, 2.24) is 39.9 Å². The molecule has 0 fully saturated rings. The molecule has 0 saturated heterocycles. The van der Waals surface area contributed by atoms with Crippen LogP contribution in [0.4, 0.5) is 0 Å². The maximum absolute atomic E-state index is 11.4. The van der Waals surface area contributed by atoms with E-state index in [4.69, 9.17) is 19.9 Å². The van der Waals surface area contributed by atoms with Crippen molar-refractivity contribution in [2.75, 3.05) is 0 Å². The zero-order valence-corrected chi connectivity index (χ0v) is 50.7. The molecule has 10 heterocycles. The fraction of sp³-hybridized carbons (Fsp3) is 0.406. The van der Waals surface area contributed by atoms with E-state index in [1.165, 1.54) is 44.5 Å². The Labute approximate surface area is 465 Å². The first-order valence-corrected chi connectivity index (χ1v) is 27.5. The number of allylic oxidation sites excluding steroid dienone is 2. The molecule has 0 amide bonds. The Morgan fingerprint density at radius 2 is 0.740 bits per heavy atom. The number of carboxylic acid groups (broad SMARTS) is 2. The SMILES string of the molecule is CCc1c(C)c2cc3[nH]c(cc4nc(c(C)c5nc(cc1[nH]2)C(C)=C5)C(CCC(=O)[O-])C4C)c(C)c3CC.CCc1c(C)c2cc3[nH]c(cc4nc(c(C)c5nc(cc1[nH]2)C(C)=C5)C(CCC(=O)[O-])C4C)c(C)c3CC.[Zn+2]. The Hall–Kier alpha value is -6.72. The third-order valence-electron chi connectivity index (χ3n) is 17.1. The van der Waals surface area contributed by atoms with Gasteiger partial charge in [0.2, 0.25) is 0 Å². The van der Waals surface area contributed by atoms with E-state index in [0.29, 0.717) is 12.8 Å². The third kappa shape index (κ3) is 10.7. The van der Waals surface area contributed by atoms with Crippen molar-refractivity contribution >= 4 is 79.4 Å². The number of aromatic nitrogens is 8. The smallest absolute Gasteiger partial charge is 0.550 e. The first-order chi connectivity index (χ1) is 36.2. The summed E-state index contributed by atoms with van der Waals surface area (Å²) in [6.07, 6.45) is 8.92. The van der Waals surface area contributed by atoms with Crippen molar-refractivity contribution in [3.8, 4) is 0 Å². The Balaban J connectivity index is 0.000000201. The largest absolute Gasteiger partial charge is 2.00 e. The molecule has 396 valence electrons. The van der Waals surface area contributed by atoms with Crippen molar-refractivity contribution < 1.29 is 39.3 Å². The summed E-state index contributed by atoms with van der Waals surface area (Å²) in [5.74, 6) is -1.90. The van der Waals surface area contributed by atoms with Crippen LogP contribution in [0.2, 0.25) is 0 Å². The Bertz CT molecular complexity index is 3530. The summed E-state index contributed by atoms with van der Waals surface area (Å²) in [6.45, 7) is 30.1. The zero-order chi connectivity index (χ0) is 54.6. The average Bonchev–Trinajstić information content (AvgIpc) is 4.27. The zero-order valence-electron chi connectivity index (χ0n) is 47.7. The number of rotatable bonds is 10. The van der Waals surface area contributed by atoms with Gasteiger partial charge in [0.15, 0.2) is 0 Å². The molecule has 4 N–H and O–H groups in total. The van der Waals surface area contributed by atoms with Crippen LogP contribution in [0.15, 0.2) is 36.4 Å². The van der Waals surface area contributed by atoms with Gasteiger partial charge in [-0.25, -0.2) is 9.97 Å². The molecule has 4 aliphatic rings. The Morgan fingerprint density at radius 1 is 0.442 bits per heavy atom. The summed E-state index contributed by atoms with van der Waals surface area (Å²) < 4.78 is 0. The molecule has 0 spiro atoms. The van der Waals surface area contributed by atoms with Crippen LogP contribution in [0.5, 0.6) is 0 Å². The average molecular weight is 1080 g/mol. The summed E-state index contributed by atoms with van der Waals surface area (Å²) in [5, 5.41) is 22.8. The monoisotopic (exact) mass is 1080 g/mol. The molecule has 13 heteroatoms. The van der Waals surface area contributed by atoms with Gasteiger partial charge < -0.3 is 39.7 Å². The number of hydrogen-bond acceptors (Lipinski definition) is 8. The summed E-state index contributed by atoms with van der Waals surface area (Å²) >= 11 is 0. The van der Waals surface area contributed by atoms with Crippen LogP contribution in [-0.2, 0) is 54.8 Å². The van der Waals surface area contributed by atoms with Crippen LogP contribution in [-0.4, -0.2) is 51.8 Å². The van der Waals surface area contributed by atoms with Crippen LogP contribution in [0.25, 0.3) is 67.4 Å². The van der Waals surface area contributed by atoms with E-state index in [1.54, 1.807) is 0 Å². The molecule has 12 nitrogen and oxygen atoms in total. The van der Waals surface area contributed by atoms with Gasteiger partial charge in [0.05, 0.1) is 22.8 Å². The summed E-state index contributed by atoms with van der Waals surface area (Å²) in [6, 6.07) is 13.1. The van der Waals surface area contributed by atoms with Gasteiger partial charge in [-0.15, -0.1) is 0 Å². The van der Waals surface area contributed by atoms with Gasteiger partial charge in [-0.2, -0.15) is 0 Å². The number of fused-ring (bicyclic) bond motifs is 16. The molecular weight excluding hydrogens is 1010 g/mol. The van der Waals surface area contributed by atoms with Gasteiger partial charge in [-0.1, -0.05) is 41.5 Å². The molecule has 0 aliphatic carbocycles. The molecule has 6 aromatic rings. The van der Waals surface area contributed by atoms with Gasteiger partial charge in [0, 0.05) is 103 Å². The number of nitrogens with zero attached hydrogens (tertiary/aromatic N) is 4. The van der Waals surface area contributed by atoms with Gasteiger partial charge >= 0.3 is 19.5 Å². The minimum Gasteiger partial charge on any atom is -0.550 e. The van der Waals surface area contributed by atoms with Crippen molar-refractivity contribution in [2.24, 2.45) is 0 Å². The van der Waals surface area contributed by atoms with Crippen LogP contribution in [0.3, 0.4) is 0 Å². The first-order valence-electron chi connectivity index (χ1n) is 27.5. The van der Waals surface area contributed by atoms with E-state index < -0.39 is 11.9 Å². The quantitative estimate of drug-likeness (QED) is 0.0973. The minimum absolute atomic E-state index is 0. The molecule has 6 aromatic heterocycles. The number of carbonyl (C=O) groups excluding carboxylic acids is 2. The van der Waals surface area contributed by atoms with E-state index in [1.807, 2.05) is 0 Å². The van der Waals surface area contributed by atoms with Gasteiger partial charge in [-0.05, 0) is 222 Å². The van der Waals surface area contributed by atoms with Crippen molar-refractivity contribution in [3.05, 3.63) is 138 Å². The summed E-state index contributed by atoms with van der Waals surface area (Å²) in [5.41, 5.74) is 30.6. The normalized spacial score (nSPS) is 16.9. The molecule has 0 saturated carbocycles. The third-order valence-corrected chi connectivity index (χ3v) is 17.1. The van der Waals surface area contributed by atoms with Crippen LogP contribution in [0.1, 0.15) is 206 Å². The molecular formula is C64H74N8O4Zn. The van der Waals surface area contributed by atoms with E-state index >= 15 is 0 Å². The van der Waals surface area contributed by atoms with Crippen LogP contribution in [0, 0.1) is 41.5 Å². The van der Waals surface area contributed by atoms with E-state index in [-0.39, 0.29) is 56.0 Å². The molecule has 4 unspecified atom stereocenters. The van der Waals surface area contributed by atoms with Gasteiger partial charge in [0.25, 0.3) is 0 Å². The first kappa shape index (κ1) is 56.5. The molecule has 4 atom stereocenters. The van der Waals surface area contributed by atoms with E-state index in [9.17, 15) is 19.8 Å². The van der Waals surface area contributed by atoms with Gasteiger partial charge in [-0.3, -0.25) is 9.97 Å². The van der Waals surface area contributed by atoms with Crippen molar-refractivity contribution in [2.45, 2.75) is 172 Å². The fourth-order valence-corrected chi connectivity index (χ4v) is 12.4. The van der Waals surface area contributed by atoms with Crippen LogP contribution >= 0.6 is 0 Å². The molecule has 16 bridgehead atoms. The summed E-state index contributed by atoms with van der Waals surface area (Å²) in [7, 11) is 0. The fourth-order valence-electron chi connectivity index (χ4n) is 12.4. The standard InChI is InChI=1S/2C32H38N4O2.Zn/c2*1-8-21-18(5)27-15-30-22(9-2)17(4)26(34-30)14-28-19(6)23(10-11-31(37)38)32(36-28)20(7)25-12-16(3)24(33-25)13-29(21)35-27;/h2*12-15,19,23,34-35H,8-11H2,1-7H3,(H,37,38);/q;;+2/p-2. The number of aryl methyl sites for hydroxylation is 8. The second kappa shape index (κ2) is 22.7. The molecule has 0 radical (unpaired) electrons. The number of carboxylic acids is 2. The van der Waals surface area contributed by atoms with Gasteiger partial charge in [0.1, 0.15) is 0 Å². The number of H-pyrrole nitrogens is 4. The maximum atomic E-state index is 11.4. The Morgan fingerprint density at radius 3 is 1.04 bits per heavy atom. The predicted molar refractivity (Wildman–Crippen MR) is 306 cm³/mol.